The van der Waals surface area contributed by atoms with Crippen molar-refractivity contribution in [2.24, 2.45) is 0 Å². The lowest BCUT2D eigenvalue weighted by molar-refractivity contribution is -0.116. The van der Waals surface area contributed by atoms with Crippen molar-refractivity contribution < 1.29 is 14.3 Å². The second kappa shape index (κ2) is 8.98. The molecule has 1 N–H and O–H groups in total. The Labute approximate surface area is 177 Å². The topological polar surface area (TPSA) is 76.5 Å². The number of benzene rings is 2. The van der Waals surface area contributed by atoms with Crippen molar-refractivity contribution in [1.82, 2.24) is 14.7 Å². The molecule has 0 aliphatic carbocycles. The predicted octanol–water partition coefficient (Wildman–Crippen LogP) is 3.90. The van der Waals surface area contributed by atoms with E-state index in [0.717, 1.165) is 5.69 Å². The Morgan fingerprint density at radius 2 is 1.86 bits per heavy atom. The molecular weight excluding hydrogens is 415 g/mol. The molecule has 3 rings (SSSR count). The van der Waals surface area contributed by atoms with Gasteiger partial charge in [0, 0.05) is 12.7 Å². The maximum Gasteiger partial charge on any atom is 0.278 e. The molecule has 0 spiro atoms. The number of hydrogen-bond donors (Lipinski definition) is 1. The molecule has 0 saturated carbocycles. The van der Waals surface area contributed by atoms with Gasteiger partial charge in [0.2, 0.25) is 5.91 Å². The largest absolute Gasteiger partial charge is 0.493 e. The smallest absolute Gasteiger partial charge is 0.278 e. The fourth-order valence-electron chi connectivity index (χ4n) is 2.61. The molecule has 0 fully saturated rings. The van der Waals surface area contributed by atoms with Crippen LogP contribution in [0.5, 0.6) is 5.75 Å². The monoisotopic (exact) mass is 432 g/mol. The lowest BCUT2D eigenvalue weighted by Gasteiger charge is -2.16. The second-order valence-corrected chi connectivity index (χ2v) is 6.98. The van der Waals surface area contributed by atoms with Gasteiger partial charge in [0.25, 0.3) is 5.91 Å². The molecule has 0 saturated heterocycles. The van der Waals surface area contributed by atoms with Gasteiger partial charge in [-0.3, -0.25) is 9.59 Å². The van der Waals surface area contributed by atoms with E-state index in [9.17, 15) is 9.59 Å². The minimum atomic E-state index is -0.444. The van der Waals surface area contributed by atoms with E-state index in [4.69, 9.17) is 27.9 Å². The van der Waals surface area contributed by atoms with Gasteiger partial charge in [0.05, 0.1) is 35.6 Å². The summed E-state index contributed by atoms with van der Waals surface area (Å²) >= 11 is 11.8. The average molecular weight is 433 g/mol. The molecule has 0 atom stereocenters. The number of nitrogens with one attached hydrogen (secondary N) is 1. The van der Waals surface area contributed by atoms with Crippen molar-refractivity contribution in [2.75, 3.05) is 26.0 Å². The van der Waals surface area contributed by atoms with Crippen LogP contribution in [0.25, 0.3) is 5.69 Å². The quantitative estimate of drug-likeness (QED) is 0.640. The van der Waals surface area contributed by atoms with Crippen LogP contribution in [-0.2, 0) is 4.79 Å². The minimum Gasteiger partial charge on any atom is -0.493 e. The van der Waals surface area contributed by atoms with Crippen LogP contribution in [0.1, 0.15) is 10.5 Å². The number of hydrogen-bond acceptors (Lipinski definition) is 4. The number of para-hydroxylation sites is 1. The summed E-state index contributed by atoms with van der Waals surface area (Å²) in [6.45, 7) is -0.180. The predicted molar refractivity (Wildman–Crippen MR) is 112 cm³/mol. The number of nitrogens with zero attached hydrogens (tertiary/aromatic N) is 3. The van der Waals surface area contributed by atoms with E-state index in [2.05, 4.69) is 10.4 Å². The summed E-state index contributed by atoms with van der Waals surface area (Å²) in [5.41, 5.74) is 1.38. The van der Waals surface area contributed by atoms with Crippen molar-refractivity contribution in [1.29, 1.82) is 0 Å². The molecule has 0 radical (unpaired) electrons. The summed E-state index contributed by atoms with van der Waals surface area (Å²) in [7, 11) is 2.97. The molecule has 1 heterocycles. The van der Waals surface area contributed by atoms with Crippen LogP contribution in [0.2, 0.25) is 10.0 Å². The Morgan fingerprint density at radius 3 is 2.52 bits per heavy atom. The first kappa shape index (κ1) is 20.7. The number of rotatable bonds is 6. The van der Waals surface area contributed by atoms with Crippen molar-refractivity contribution >= 4 is 40.7 Å². The van der Waals surface area contributed by atoms with E-state index < -0.39 is 5.91 Å². The first-order valence-electron chi connectivity index (χ1n) is 8.58. The highest BCUT2D eigenvalue weighted by molar-refractivity contribution is 6.42. The van der Waals surface area contributed by atoms with Crippen LogP contribution < -0.4 is 10.1 Å². The molecule has 2 aromatic carbocycles. The van der Waals surface area contributed by atoms with E-state index in [1.807, 2.05) is 30.3 Å². The molecule has 0 bridgehead atoms. The molecule has 0 aliphatic rings. The molecule has 2 amide bonds. The summed E-state index contributed by atoms with van der Waals surface area (Å²) in [5.74, 6) is -0.517. The summed E-state index contributed by atoms with van der Waals surface area (Å²) in [6, 6.07) is 14.1. The van der Waals surface area contributed by atoms with Gasteiger partial charge < -0.3 is 15.0 Å². The van der Waals surface area contributed by atoms with Crippen LogP contribution in [0.4, 0.5) is 5.69 Å². The van der Waals surface area contributed by atoms with E-state index in [0.29, 0.717) is 21.5 Å². The Hall–Kier alpha value is -3.03. The Bertz CT molecular complexity index is 1040. The van der Waals surface area contributed by atoms with Gasteiger partial charge in [0.1, 0.15) is 0 Å². The van der Waals surface area contributed by atoms with Crippen molar-refractivity contribution in [2.45, 2.75) is 0 Å². The second-order valence-electron chi connectivity index (χ2n) is 6.16. The van der Waals surface area contributed by atoms with Gasteiger partial charge in [-0.2, -0.15) is 5.10 Å². The van der Waals surface area contributed by atoms with Crippen LogP contribution in [-0.4, -0.2) is 47.2 Å². The Balaban J connectivity index is 1.71. The summed E-state index contributed by atoms with van der Waals surface area (Å²) < 4.78 is 6.84. The molecule has 9 heteroatoms. The maximum atomic E-state index is 12.8. The lowest BCUT2D eigenvalue weighted by Crippen LogP contribution is -2.35. The molecule has 0 unspecified atom stereocenters. The van der Waals surface area contributed by atoms with Crippen LogP contribution >= 0.6 is 23.2 Å². The standard InChI is InChI=1S/C20H18Cl2N4O3/c1-25(12-18(27)23-13-8-9-15(21)16(22)10-13)20(28)19-17(29-2)11-26(24-19)14-6-4-3-5-7-14/h3-11H,12H2,1-2H3,(H,23,27). The molecule has 3 aromatic rings. The zero-order chi connectivity index (χ0) is 21.0. The number of ether oxygens (including phenoxy) is 1. The zero-order valence-corrected chi connectivity index (χ0v) is 17.2. The van der Waals surface area contributed by atoms with Gasteiger partial charge in [-0.25, -0.2) is 4.68 Å². The molecule has 1 aromatic heterocycles. The molecule has 7 nitrogen and oxygen atoms in total. The molecule has 0 aliphatic heterocycles. The Kier molecular flexibility index (Phi) is 6.41. The van der Waals surface area contributed by atoms with Crippen molar-refractivity contribution in [3.05, 3.63) is 70.5 Å². The third-order valence-corrected chi connectivity index (χ3v) is 4.79. The number of likely N-dealkylation sites (N-methyl/N-ethyl adjacent to an activating group) is 1. The van der Waals surface area contributed by atoms with E-state index in [-0.39, 0.29) is 18.1 Å². The first-order valence-corrected chi connectivity index (χ1v) is 9.34. The zero-order valence-electron chi connectivity index (χ0n) is 15.7. The number of carbonyl (C=O) groups excluding carboxylic acids is 2. The van der Waals surface area contributed by atoms with Gasteiger partial charge in [-0.1, -0.05) is 41.4 Å². The molecule has 150 valence electrons. The van der Waals surface area contributed by atoms with Crippen LogP contribution in [0, 0.1) is 0 Å². The summed E-state index contributed by atoms with van der Waals surface area (Å²) in [4.78, 5) is 26.4. The highest BCUT2D eigenvalue weighted by Crippen LogP contribution is 2.25. The lowest BCUT2D eigenvalue weighted by atomic mass is 10.3. The highest BCUT2D eigenvalue weighted by Gasteiger charge is 2.23. The van der Waals surface area contributed by atoms with E-state index in [1.54, 1.807) is 23.0 Å². The van der Waals surface area contributed by atoms with Crippen molar-refractivity contribution in [3.8, 4) is 11.4 Å². The normalized spacial score (nSPS) is 10.5. The van der Waals surface area contributed by atoms with Gasteiger partial charge in [-0.15, -0.1) is 0 Å². The number of aromatic nitrogens is 2. The fraction of sp³-hybridized carbons (Fsp3) is 0.150. The van der Waals surface area contributed by atoms with Crippen LogP contribution in [0.15, 0.2) is 54.7 Å². The fourth-order valence-corrected chi connectivity index (χ4v) is 2.91. The van der Waals surface area contributed by atoms with Gasteiger partial charge in [0.15, 0.2) is 11.4 Å². The highest BCUT2D eigenvalue weighted by atomic mass is 35.5. The number of halogens is 2. The number of amides is 2. The van der Waals surface area contributed by atoms with Crippen LogP contribution in [0.3, 0.4) is 0 Å². The summed E-state index contributed by atoms with van der Waals surface area (Å²) in [6.07, 6.45) is 1.62. The number of anilines is 1. The molecule has 29 heavy (non-hydrogen) atoms. The number of methoxy groups -OCH3 is 1. The molecular formula is C20H18Cl2N4O3. The van der Waals surface area contributed by atoms with Gasteiger partial charge in [-0.05, 0) is 30.3 Å². The average Bonchev–Trinajstić information content (AvgIpc) is 3.15. The van der Waals surface area contributed by atoms with E-state index >= 15 is 0 Å². The third kappa shape index (κ3) is 4.88. The maximum absolute atomic E-state index is 12.8. The third-order valence-electron chi connectivity index (χ3n) is 4.05. The Morgan fingerprint density at radius 1 is 1.14 bits per heavy atom. The van der Waals surface area contributed by atoms with Gasteiger partial charge >= 0.3 is 0 Å². The number of carbonyl (C=O) groups is 2. The minimum absolute atomic E-state index is 0.112. The van der Waals surface area contributed by atoms with E-state index in [1.165, 1.54) is 25.1 Å². The summed E-state index contributed by atoms with van der Waals surface area (Å²) in [5, 5.41) is 7.71. The SMILES string of the molecule is COc1cn(-c2ccccc2)nc1C(=O)N(C)CC(=O)Nc1ccc(Cl)c(Cl)c1. The van der Waals surface area contributed by atoms with Crippen molar-refractivity contribution in [3.63, 3.8) is 0 Å². The first-order chi connectivity index (χ1) is 13.9.